The molecule has 8 heteroatoms. The van der Waals surface area contributed by atoms with E-state index >= 15 is 0 Å². The number of carboxylic acid groups (broad SMARTS) is 1. The van der Waals surface area contributed by atoms with E-state index in [1.165, 1.54) is 24.3 Å². The van der Waals surface area contributed by atoms with Gasteiger partial charge >= 0.3 is 5.97 Å². The number of hydrogen-bond donors (Lipinski definition) is 2. The smallest absolute Gasteiger partial charge is 0.325 e. The monoisotopic (exact) mass is 307 g/mol. The largest absolute Gasteiger partial charge is 0.480 e. The van der Waals surface area contributed by atoms with Crippen LogP contribution >= 0.6 is 11.3 Å². The Bertz CT molecular complexity index is 708. The predicted molar refractivity (Wildman–Crippen MR) is 77.1 cm³/mol. The molecule has 0 fully saturated rings. The number of amides is 1. The number of rotatable bonds is 5. The Morgan fingerprint density at radius 3 is 2.81 bits per heavy atom. The summed E-state index contributed by atoms with van der Waals surface area (Å²) in [5.41, 5.74) is 0.164. The molecule has 2 aromatic heterocycles. The van der Waals surface area contributed by atoms with Crippen LogP contribution in [0.3, 0.4) is 0 Å². The Balaban J connectivity index is 2.16. The van der Waals surface area contributed by atoms with Gasteiger partial charge in [0.2, 0.25) is 5.91 Å². The zero-order chi connectivity index (χ0) is 15.4. The van der Waals surface area contributed by atoms with E-state index < -0.39 is 23.5 Å². The van der Waals surface area contributed by atoms with Crippen molar-refractivity contribution in [2.24, 2.45) is 0 Å². The number of thiophene rings is 1. The lowest BCUT2D eigenvalue weighted by Gasteiger charge is -2.10. The minimum Gasteiger partial charge on any atom is -0.480 e. The molecule has 0 aromatic carbocycles. The second-order valence-electron chi connectivity index (χ2n) is 4.32. The van der Waals surface area contributed by atoms with Gasteiger partial charge in [-0.25, -0.2) is 4.68 Å². The summed E-state index contributed by atoms with van der Waals surface area (Å²) < 4.78 is 1.01. The molecule has 7 nitrogen and oxygen atoms in total. The highest BCUT2D eigenvalue weighted by atomic mass is 32.1. The zero-order valence-electron chi connectivity index (χ0n) is 11.1. The molecule has 2 N–H and O–H groups in total. The lowest BCUT2D eigenvalue weighted by atomic mass is 10.3. The second-order valence-corrected chi connectivity index (χ2v) is 5.27. The average Bonchev–Trinajstić information content (AvgIpc) is 2.95. The molecule has 0 bridgehead atoms. The van der Waals surface area contributed by atoms with Crippen LogP contribution in [0.25, 0.3) is 10.6 Å². The van der Waals surface area contributed by atoms with Gasteiger partial charge in [-0.05, 0) is 24.4 Å². The van der Waals surface area contributed by atoms with E-state index in [9.17, 15) is 14.4 Å². The van der Waals surface area contributed by atoms with Crippen molar-refractivity contribution in [3.05, 3.63) is 40.0 Å². The first-order valence-electron chi connectivity index (χ1n) is 6.11. The third-order valence-corrected chi connectivity index (χ3v) is 3.57. The van der Waals surface area contributed by atoms with Gasteiger partial charge in [0.25, 0.3) is 5.56 Å². The number of nitrogens with one attached hydrogen (secondary N) is 1. The van der Waals surface area contributed by atoms with Gasteiger partial charge in [-0.3, -0.25) is 14.4 Å². The Morgan fingerprint density at radius 2 is 2.19 bits per heavy atom. The van der Waals surface area contributed by atoms with Crippen LogP contribution in [-0.4, -0.2) is 32.8 Å². The van der Waals surface area contributed by atoms with Gasteiger partial charge in [-0.15, -0.1) is 11.3 Å². The Hall–Kier alpha value is -2.48. The molecule has 0 saturated heterocycles. The molecular weight excluding hydrogens is 294 g/mol. The molecular formula is C13H13N3O4S. The number of aromatic nitrogens is 2. The molecule has 0 radical (unpaired) electrons. The second kappa shape index (κ2) is 6.31. The molecule has 2 aromatic rings. The number of nitrogens with zero attached hydrogens (tertiary/aromatic N) is 2. The molecule has 0 spiro atoms. The zero-order valence-corrected chi connectivity index (χ0v) is 12.0. The van der Waals surface area contributed by atoms with Crippen molar-refractivity contribution in [1.82, 2.24) is 15.1 Å². The Kier molecular flexibility index (Phi) is 4.49. The Morgan fingerprint density at radius 1 is 1.43 bits per heavy atom. The van der Waals surface area contributed by atoms with E-state index in [-0.39, 0.29) is 6.54 Å². The highest BCUT2D eigenvalue weighted by molar-refractivity contribution is 7.13. The summed E-state index contributed by atoms with van der Waals surface area (Å²) in [5, 5.41) is 17.0. The fourth-order valence-electron chi connectivity index (χ4n) is 1.60. The number of aliphatic carboxylic acids is 1. The summed E-state index contributed by atoms with van der Waals surface area (Å²) >= 11 is 1.47. The van der Waals surface area contributed by atoms with Crippen molar-refractivity contribution >= 4 is 23.2 Å². The molecule has 0 saturated carbocycles. The third kappa shape index (κ3) is 3.76. The number of hydrogen-bond acceptors (Lipinski definition) is 5. The summed E-state index contributed by atoms with van der Waals surface area (Å²) in [6, 6.07) is 5.61. The van der Waals surface area contributed by atoms with Crippen LogP contribution in [0.5, 0.6) is 0 Å². The topological polar surface area (TPSA) is 101 Å². The van der Waals surface area contributed by atoms with Crippen molar-refractivity contribution < 1.29 is 14.7 Å². The van der Waals surface area contributed by atoms with Gasteiger partial charge in [0.1, 0.15) is 18.3 Å². The maximum Gasteiger partial charge on any atom is 0.325 e. The van der Waals surface area contributed by atoms with E-state index in [1.54, 1.807) is 6.07 Å². The van der Waals surface area contributed by atoms with Crippen molar-refractivity contribution in [3.63, 3.8) is 0 Å². The minimum atomic E-state index is -1.14. The summed E-state index contributed by atoms with van der Waals surface area (Å²) in [4.78, 5) is 35.0. The van der Waals surface area contributed by atoms with Crippen molar-refractivity contribution in [3.8, 4) is 10.6 Å². The standard InChI is InChI=1S/C13H13N3O4S/c1-8(13(19)20)14-11(17)7-16-12(18)5-4-9(15-16)10-3-2-6-21-10/h2-6,8H,7H2,1H3,(H,14,17)(H,19,20)/t8-/m1/s1. The van der Waals surface area contributed by atoms with Gasteiger partial charge in [-0.1, -0.05) is 6.07 Å². The van der Waals surface area contributed by atoms with Crippen LogP contribution in [-0.2, 0) is 16.1 Å². The molecule has 21 heavy (non-hydrogen) atoms. The molecule has 2 rings (SSSR count). The molecule has 0 aliphatic carbocycles. The third-order valence-electron chi connectivity index (χ3n) is 2.68. The van der Waals surface area contributed by atoms with Gasteiger partial charge in [0.15, 0.2) is 0 Å². The van der Waals surface area contributed by atoms with Gasteiger partial charge in [-0.2, -0.15) is 5.10 Å². The van der Waals surface area contributed by atoms with E-state index in [4.69, 9.17) is 5.11 Å². The molecule has 1 amide bonds. The maximum absolute atomic E-state index is 11.7. The van der Waals surface area contributed by atoms with E-state index in [2.05, 4.69) is 10.4 Å². The van der Waals surface area contributed by atoms with Crippen LogP contribution in [0.15, 0.2) is 34.4 Å². The van der Waals surface area contributed by atoms with Gasteiger partial charge < -0.3 is 10.4 Å². The predicted octanol–water partition coefficient (Wildman–Crippen LogP) is 0.561. The first-order chi connectivity index (χ1) is 9.97. The van der Waals surface area contributed by atoms with Crippen molar-refractivity contribution in [1.29, 1.82) is 0 Å². The van der Waals surface area contributed by atoms with Crippen LogP contribution in [0.4, 0.5) is 0 Å². The van der Waals surface area contributed by atoms with E-state index in [0.29, 0.717) is 5.69 Å². The average molecular weight is 307 g/mol. The van der Waals surface area contributed by atoms with Crippen LogP contribution in [0.2, 0.25) is 0 Å². The van der Waals surface area contributed by atoms with E-state index in [1.807, 2.05) is 17.5 Å². The SMILES string of the molecule is C[C@@H](NC(=O)Cn1nc(-c2cccs2)ccc1=O)C(=O)O. The van der Waals surface area contributed by atoms with Gasteiger partial charge in [0.05, 0.1) is 4.88 Å². The number of carbonyl (C=O) groups is 2. The lowest BCUT2D eigenvalue weighted by molar-refractivity contribution is -0.141. The quantitative estimate of drug-likeness (QED) is 0.840. The van der Waals surface area contributed by atoms with Crippen molar-refractivity contribution in [2.45, 2.75) is 19.5 Å². The first kappa shape index (κ1) is 14.9. The highest BCUT2D eigenvalue weighted by Crippen LogP contribution is 2.20. The molecule has 1 atom stereocenters. The van der Waals surface area contributed by atoms with E-state index in [0.717, 1.165) is 9.56 Å². The van der Waals surface area contributed by atoms with Crippen molar-refractivity contribution in [2.75, 3.05) is 0 Å². The highest BCUT2D eigenvalue weighted by Gasteiger charge is 2.15. The summed E-state index contributed by atoms with van der Waals surface area (Å²) in [5.74, 6) is -1.72. The summed E-state index contributed by atoms with van der Waals surface area (Å²) in [7, 11) is 0. The molecule has 0 aliphatic rings. The fourth-order valence-corrected chi connectivity index (χ4v) is 2.29. The van der Waals surface area contributed by atoms with Gasteiger partial charge in [0, 0.05) is 6.07 Å². The first-order valence-corrected chi connectivity index (χ1v) is 6.99. The summed E-state index contributed by atoms with van der Waals surface area (Å²) in [6.07, 6.45) is 0. The molecule has 110 valence electrons. The fraction of sp³-hybridized carbons (Fsp3) is 0.231. The number of carboxylic acids is 1. The number of carbonyl (C=O) groups excluding carboxylic acids is 1. The molecule has 0 aliphatic heterocycles. The normalized spacial score (nSPS) is 11.9. The van der Waals surface area contributed by atoms with Crippen LogP contribution in [0, 0.1) is 0 Å². The Labute approximate surface area is 123 Å². The maximum atomic E-state index is 11.7. The van der Waals surface area contributed by atoms with Crippen LogP contribution in [0.1, 0.15) is 6.92 Å². The molecule has 0 unspecified atom stereocenters. The summed E-state index contributed by atoms with van der Waals surface area (Å²) in [6.45, 7) is 1.02. The molecule has 2 heterocycles. The minimum absolute atomic E-state index is 0.324. The lowest BCUT2D eigenvalue weighted by Crippen LogP contribution is -2.41. The van der Waals surface area contributed by atoms with Crippen LogP contribution < -0.4 is 10.9 Å².